The maximum Gasteiger partial charge on any atom is 0.253 e. The molecule has 1 fully saturated rings. The third-order valence-electron chi connectivity index (χ3n) is 4.33. The molecule has 7 heteroatoms. The number of amides is 2. The molecular weight excluding hydrogens is 328 g/mol. The lowest BCUT2D eigenvalue weighted by molar-refractivity contribution is -0.111. The Labute approximate surface area is 142 Å². The molecule has 0 unspecified atom stereocenters. The van der Waals surface area contributed by atoms with E-state index in [9.17, 15) is 18.0 Å². The highest BCUT2D eigenvalue weighted by molar-refractivity contribution is 7.92. The molecule has 24 heavy (non-hydrogen) atoms. The smallest absolute Gasteiger partial charge is 0.253 e. The second-order valence-electron chi connectivity index (χ2n) is 6.39. The first kappa shape index (κ1) is 18.2. The molecule has 1 aromatic carbocycles. The van der Waals surface area contributed by atoms with Crippen molar-refractivity contribution in [2.75, 3.05) is 24.2 Å². The molecule has 0 aliphatic carbocycles. The topological polar surface area (TPSA) is 83.6 Å². The fraction of sp³-hybridized carbons (Fsp3) is 0.412. The molecule has 0 bridgehead atoms. The second kappa shape index (κ2) is 6.76. The Kier molecular flexibility index (Phi) is 5.13. The van der Waals surface area contributed by atoms with E-state index in [4.69, 9.17) is 0 Å². The summed E-state index contributed by atoms with van der Waals surface area (Å²) in [7, 11) is -3.22. The molecule has 130 valence electrons. The number of carbonyl (C=O) groups excluding carboxylic acids is 2. The SMILES string of the molecule is C=CC(=O)Nc1ccc(C(=O)N2CCC(C)(C)S(=O)(=O)CC2)cc1. The van der Waals surface area contributed by atoms with Gasteiger partial charge in [-0.3, -0.25) is 9.59 Å². The molecule has 1 aromatic rings. The van der Waals surface area contributed by atoms with Gasteiger partial charge in [0.1, 0.15) is 0 Å². The summed E-state index contributed by atoms with van der Waals surface area (Å²) < 4.78 is 23.6. The van der Waals surface area contributed by atoms with E-state index in [1.807, 2.05) is 0 Å². The molecule has 0 spiro atoms. The lowest BCUT2D eigenvalue weighted by Crippen LogP contribution is -2.33. The van der Waals surface area contributed by atoms with E-state index in [2.05, 4.69) is 11.9 Å². The van der Waals surface area contributed by atoms with Crippen molar-refractivity contribution in [3.63, 3.8) is 0 Å². The fourth-order valence-corrected chi connectivity index (χ4v) is 3.87. The summed E-state index contributed by atoms with van der Waals surface area (Å²) in [5.74, 6) is -0.558. The van der Waals surface area contributed by atoms with Gasteiger partial charge in [-0.05, 0) is 50.6 Å². The van der Waals surface area contributed by atoms with Crippen LogP contribution in [0.2, 0.25) is 0 Å². The zero-order chi connectivity index (χ0) is 18.0. The summed E-state index contributed by atoms with van der Waals surface area (Å²) >= 11 is 0. The fourth-order valence-electron chi connectivity index (χ4n) is 2.45. The van der Waals surface area contributed by atoms with Gasteiger partial charge in [0, 0.05) is 24.3 Å². The van der Waals surface area contributed by atoms with E-state index in [-0.39, 0.29) is 24.1 Å². The van der Waals surface area contributed by atoms with Crippen LogP contribution in [0.4, 0.5) is 5.69 Å². The van der Waals surface area contributed by atoms with Gasteiger partial charge in [-0.25, -0.2) is 8.42 Å². The van der Waals surface area contributed by atoms with Crippen molar-refractivity contribution in [3.05, 3.63) is 42.5 Å². The van der Waals surface area contributed by atoms with Gasteiger partial charge in [0.05, 0.1) is 10.5 Å². The minimum atomic E-state index is -3.22. The normalized spacial score (nSPS) is 19.2. The summed E-state index contributed by atoms with van der Waals surface area (Å²) in [6.45, 7) is 7.37. The van der Waals surface area contributed by atoms with E-state index in [1.54, 1.807) is 43.0 Å². The van der Waals surface area contributed by atoms with Crippen LogP contribution in [-0.4, -0.2) is 48.7 Å². The van der Waals surface area contributed by atoms with Crippen LogP contribution in [0, 0.1) is 0 Å². The monoisotopic (exact) mass is 350 g/mol. The van der Waals surface area contributed by atoms with Crippen molar-refractivity contribution in [3.8, 4) is 0 Å². The number of hydrogen-bond acceptors (Lipinski definition) is 4. The van der Waals surface area contributed by atoms with Crippen LogP contribution >= 0.6 is 0 Å². The third kappa shape index (κ3) is 3.84. The summed E-state index contributed by atoms with van der Waals surface area (Å²) in [6.07, 6.45) is 1.58. The minimum Gasteiger partial charge on any atom is -0.338 e. The Bertz CT molecular complexity index is 751. The van der Waals surface area contributed by atoms with Gasteiger partial charge < -0.3 is 10.2 Å². The largest absolute Gasteiger partial charge is 0.338 e. The van der Waals surface area contributed by atoms with Crippen molar-refractivity contribution in [2.45, 2.75) is 25.0 Å². The predicted molar refractivity (Wildman–Crippen MR) is 93.7 cm³/mol. The Morgan fingerprint density at radius 1 is 1.21 bits per heavy atom. The van der Waals surface area contributed by atoms with Gasteiger partial charge in [0.2, 0.25) is 5.91 Å². The quantitative estimate of drug-likeness (QED) is 0.843. The van der Waals surface area contributed by atoms with Gasteiger partial charge in [-0.2, -0.15) is 0 Å². The molecule has 1 aliphatic rings. The lowest BCUT2D eigenvalue weighted by Gasteiger charge is -2.22. The van der Waals surface area contributed by atoms with Crippen molar-refractivity contribution < 1.29 is 18.0 Å². The highest BCUT2D eigenvalue weighted by Crippen LogP contribution is 2.26. The van der Waals surface area contributed by atoms with Crippen molar-refractivity contribution in [1.29, 1.82) is 0 Å². The lowest BCUT2D eigenvalue weighted by atomic mass is 10.1. The van der Waals surface area contributed by atoms with Crippen LogP contribution in [0.3, 0.4) is 0 Å². The zero-order valence-corrected chi connectivity index (χ0v) is 14.7. The minimum absolute atomic E-state index is 0.0286. The molecule has 2 rings (SSSR count). The first-order valence-corrected chi connectivity index (χ1v) is 9.36. The molecule has 0 radical (unpaired) electrons. The van der Waals surface area contributed by atoms with Crippen molar-refractivity contribution >= 4 is 27.3 Å². The van der Waals surface area contributed by atoms with Crippen LogP contribution < -0.4 is 5.32 Å². The maximum atomic E-state index is 12.6. The first-order chi connectivity index (χ1) is 11.2. The van der Waals surface area contributed by atoms with Crippen molar-refractivity contribution in [2.24, 2.45) is 0 Å². The number of benzene rings is 1. The van der Waals surface area contributed by atoms with E-state index in [0.29, 0.717) is 24.2 Å². The van der Waals surface area contributed by atoms with Crippen LogP contribution in [-0.2, 0) is 14.6 Å². The number of nitrogens with one attached hydrogen (secondary N) is 1. The Morgan fingerprint density at radius 2 is 1.83 bits per heavy atom. The summed E-state index contributed by atoms with van der Waals surface area (Å²) in [4.78, 5) is 25.4. The molecule has 6 nitrogen and oxygen atoms in total. The Balaban J connectivity index is 2.11. The number of hydrogen-bond donors (Lipinski definition) is 1. The highest BCUT2D eigenvalue weighted by atomic mass is 32.2. The van der Waals surface area contributed by atoms with Crippen LogP contribution in [0.25, 0.3) is 0 Å². The highest BCUT2D eigenvalue weighted by Gasteiger charge is 2.38. The van der Waals surface area contributed by atoms with Gasteiger partial charge in [-0.1, -0.05) is 6.58 Å². The number of carbonyl (C=O) groups is 2. The maximum absolute atomic E-state index is 12.6. The zero-order valence-electron chi connectivity index (χ0n) is 13.9. The van der Waals surface area contributed by atoms with E-state index < -0.39 is 14.6 Å². The third-order valence-corrected chi connectivity index (χ3v) is 6.94. The predicted octanol–water partition coefficient (Wildman–Crippen LogP) is 1.85. The number of rotatable bonds is 3. The average Bonchev–Trinajstić information content (AvgIpc) is 2.64. The van der Waals surface area contributed by atoms with E-state index >= 15 is 0 Å². The average molecular weight is 350 g/mol. The summed E-state index contributed by atoms with van der Waals surface area (Å²) in [6, 6.07) is 6.50. The molecule has 1 N–H and O–H groups in total. The molecule has 0 saturated carbocycles. The van der Waals surface area contributed by atoms with E-state index in [0.717, 1.165) is 0 Å². The van der Waals surface area contributed by atoms with Crippen LogP contribution in [0.5, 0.6) is 0 Å². The molecular formula is C17H22N2O4S. The van der Waals surface area contributed by atoms with Gasteiger partial charge >= 0.3 is 0 Å². The molecule has 2 amide bonds. The number of anilines is 1. The van der Waals surface area contributed by atoms with Crippen LogP contribution in [0.1, 0.15) is 30.6 Å². The summed E-state index contributed by atoms with van der Waals surface area (Å²) in [5.41, 5.74) is 1.03. The molecule has 1 heterocycles. The molecule has 1 aliphatic heterocycles. The van der Waals surface area contributed by atoms with Crippen molar-refractivity contribution in [1.82, 2.24) is 4.90 Å². The standard InChI is InChI=1S/C17H22N2O4S/c1-4-15(20)18-14-7-5-13(6-8-14)16(21)19-10-9-17(2,3)24(22,23)12-11-19/h4-8H,1,9-12H2,2-3H3,(H,18,20). The Morgan fingerprint density at radius 3 is 2.42 bits per heavy atom. The van der Waals surface area contributed by atoms with Gasteiger partial charge in [0.25, 0.3) is 5.91 Å². The second-order valence-corrected chi connectivity index (χ2v) is 9.13. The molecule has 0 atom stereocenters. The van der Waals surface area contributed by atoms with Gasteiger partial charge in [0.15, 0.2) is 9.84 Å². The van der Waals surface area contributed by atoms with Gasteiger partial charge in [-0.15, -0.1) is 0 Å². The first-order valence-electron chi connectivity index (χ1n) is 7.71. The number of sulfone groups is 1. The molecule has 1 saturated heterocycles. The number of nitrogens with zero attached hydrogens (tertiary/aromatic N) is 1. The Hall–Kier alpha value is -2.15. The van der Waals surface area contributed by atoms with E-state index in [1.165, 1.54) is 6.08 Å². The van der Waals surface area contributed by atoms with Crippen LogP contribution in [0.15, 0.2) is 36.9 Å². The summed E-state index contributed by atoms with van der Waals surface area (Å²) in [5, 5.41) is 2.61. The molecule has 0 aromatic heterocycles.